The van der Waals surface area contributed by atoms with E-state index in [0.29, 0.717) is 11.3 Å². The predicted octanol–water partition coefficient (Wildman–Crippen LogP) is 7.37. The fourth-order valence-corrected chi connectivity index (χ4v) is 3.22. The second-order valence-corrected chi connectivity index (χ2v) is 7.56. The van der Waals surface area contributed by atoms with Crippen molar-refractivity contribution in [1.82, 2.24) is 0 Å². The van der Waals surface area contributed by atoms with Gasteiger partial charge in [0, 0.05) is 5.56 Å². The van der Waals surface area contributed by atoms with Crippen LogP contribution >= 0.6 is 0 Å². The molecule has 0 unspecified atom stereocenters. The predicted molar refractivity (Wildman–Crippen MR) is 123 cm³/mol. The van der Waals surface area contributed by atoms with Crippen molar-refractivity contribution in [3.63, 3.8) is 0 Å². The number of ketones is 1. The number of carbonyl (C=O) groups excluding carboxylic acids is 1. The summed E-state index contributed by atoms with van der Waals surface area (Å²) in [5.41, 5.74) is 4.30. The van der Waals surface area contributed by atoms with Crippen molar-refractivity contribution >= 4 is 5.78 Å². The standard InChI is InChI=1S/C28H24O3/c1-20-3-11-25(12-4-20)30-26-13-5-22(6-14-26)19-23-7-15-27(16-8-23)31-28-17-9-24(10-18-28)21(2)29/h3-18H,19H2,1-2H3. The fourth-order valence-electron chi connectivity index (χ4n) is 3.22. The fraction of sp³-hybridized carbons (Fsp3) is 0.107. The molecular formula is C28H24O3. The third-order valence-corrected chi connectivity index (χ3v) is 5.01. The van der Waals surface area contributed by atoms with Gasteiger partial charge in [0.15, 0.2) is 5.78 Å². The van der Waals surface area contributed by atoms with Crippen LogP contribution < -0.4 is 9.47 Å². The zero-order valence-electron chi connectivity index (χ0n) is 17.7. The number of hydrogen-bond donors (Lipinski definition) is 0. The van der Waals surface area contributed by atoms with E-state index in [1.807, 2.05) is 60.7 Å². The van der Waals surface area contributed by atoms with Gasteiger partial charge in [-0.15, -0.1) is 0 Å². The number of benzene rings is 4. The first-order valence-electron chi connectivity index (χ1n) is 10.3. The highest BCUT2D eigenvalue weighted by Crippen LogP contribution is 2.25. The third kappa shape index (κ3) is 5.61. The zero-order valence-corrected chi connectivity index (χ0v) is 17.7. The number of hydrogen-bond acceptors (Lipinski definition) is 3. The van der Waals surface area contributed by atoms with Crippen LogP contribution in [0.5, 0.6) is 23.0 Å². The van der Waals surface area contributed by atoms with Gasteiger partial charge in [0.25, 0.3) is 0 Å². The first kappa shape index (κ1) is 20.4. The molecule has 0 radical (unpaired) electrons. The van der Waals surface area contributed by atoms with E-state index < -0.39 is 0 Å². The Bertz CT molecular complexity index is 1140. The normalized spacial score (nSPS) is 10.5. The van der Waals surface area contributed by atoms with Gasteiger partial charge < -0.3 is 9.47 Å². The second-order valence-electron chi connectivity index (χ2n) is 7.56. The summed E-state index contributed by atoms with van der Waals surface area (Å²) >= 11 is 0. The lowest BCUT2D eigenvalue weighted by molar-refractivity contribution is 0.101. The molecule has 4 rings (SSSR count). The van der Waals surface area contributed by atoms with Crippen LogP contribution in [0.1, 0.15) is 34.0 Å². The van der Waals surface area contributed by atoms with E-state index in [0.717, 1.165) is 23.7 Å². The molecule has 0 bridgehead atoms. The smallest absolute Gasteiger partial charge is 0.159 e. The maximum Gasteiger partial charge on any atom is 0.159 e. The van der Waals surface area contributed by atoms with E-state index in [-0.39, 0.29) is 5.78 Å². The topological polar surface area (TPSA) is 35.5 Å². The molecule has 0 atom stereocenters. The van der Waals surface area contributed by atoms with E-state index in [9.17, 15) is 4.79 Å². The number of carbonyl (C=O) groups is 1. The molecule has 0 fully saturated rings. The second kappa shape index (κ2) is 9.31. The van der Waals surface area contributed by atoms with Crippen LogP contribution in [0.15, 0.2) is 97.1 Å². The van der Waals surface area contributed by atoms with Crippen LogP contribution in [0.25, 0.3) is 0 Å². The largest absolute Gasteiger partial charge is 0.457 e. The van der Waals surface area contributed by atoms with Crippen molar-refractivity contribution in [2.75, 3.05) is 0 Å². The Kier molecular flexibility index (Phi) is 6.13. The van der Waals surface area contributed by atoms with Gasteiger partial charge in [0.1, 0.15) is 23.0 Å². The van der Waals surface area contributed by atoms with Gasteiger partial charge in [-0.1, -0.05) is 42.0 Å². The minimum atomic E-state index is 0.0469. The van der Waals surface area contributed by atoms with Crippen LogP contribution in [0, 0.1) is 6.92 Å². The number of rotatable bonds is 7. The average molecular weight is 408 g/mol. The molecule has 3 nitrogen and oxygen atoms in total. The van der Waals surface area contributed by atoms with Crippen molar-refractivity contribution < 1.29 is 14.3 Å². The molecule has 0 aliphatic heterocycles. The molecule has 0 aromatic heterocycles. The minimum Gasteiger partial charge on any atom is -0.457 e. The number of aryl methyl sites for hydroxylation is 1. The number of Topliss-reactive ketones (excluding diaryl/α,β-unsaturated/α-hetero) is 1. The van der Waals surface area contributed by atoms with Crippen molar-refractivity contribution in [2.45, 2.75) is 20.3 Å². The number of ether oxygens (including phenoxy) is 2. The van der Waals surface area contributed by atoms with E-state index in [1.54, 1.807) is 19.1 Å². The quantitative estimate of drug-likeness (QED) is 0.299. The van der Waals surface area contributed by atoms with Crippen LogP contribution in [0.2, 0.25) is 0 Å². The summed E-state index contributed by atoms with van der Waals surface area (Å²) in [6.07, 6.45) is 0.832. The lowest BCUT2D eigenvalue weighted by Gasteiger charge is -2.09. The van der Waals surface area contributed by atoms with Gasteiger partial charge in [-0.2, -0.15) is 0 Å². The van der Waals surface area contributed by atoms with E-state index in [1.165, 1.54) is 16.7 Å². The van der Waals surface area contributed by atoms with E-state index >= 15 is 0 Å². The van der Waals surface area contributed by atoms with Crippen molar-refractivity contribution in [1.29, 1.82) is 0 Å². The molecule has 154 valence electrons. The highest BCUT2D eigenvalue weighted by molar-refractivity contribution is 5.94. The first-order valence-corrected chi connectivity index (χ1v) is 10.3. The Labute approximate surface area is 182 Å². The molecule has 4 aromatic rings. The Morgan fingerprint density at radius 3 is 1.32 bits per heavy atom. The first-order chi connectivity index (χ1) is 15.0. The molecule has 3 heteroatoms. The summed E-state index contributed by atoms with van der Waals surface area (Å²) in [6, 6.07) is 31.4. The maximum atomic E-state index is 11.4. The highest BCUT2D eigenvalue weighted by atomic mass is 16.5. The lowest BCUT2D eigenvalue weighted by Crippen LogP contribution is -1.92. The molecule has 0 spiro atoms. The molecule has 0 amide bonds. The van der Waals surface area contributed by atoms with Gasteiger partial charge in [-0.3, -0.25) is 4.79 Å². The molecule has 0 aliphatic carbocycles. The van der Waals surface area contributed by atoms with Gasteiger partial charge in [0.2, 0.25) is 0 Å². The molecule has 4 aromatic carbocycles. The zero-order chi connectivity index (χ0) is 21.6. The summed E-state index contributed by atoms with van der Waals surface area (Å²) in [7, 11) is 0. The van der Waals surface area contributed by atoms with Gasteiger partial charge in [0.05, 0.1) is 0 Å². The Morgan fingerprint density at radius 2 is 0.935 bits per heavy atom. The summed E-state index contributed by atoms with van der Waals surface area (Å²) < 4.78 is 11.8. The van der Waals surface area contributed by atoms with Crippen LogP contribution in [-0.4, -0.2) is 5.78 Å². The molecular weight excluding hydrogens is 384 g/mol. The summed E-state index contributed by atoms with van der Waals surface area (Å²) in [5, 5.41) is 0. The maximum absolute atomic E-state index is 11.4. The van der Waals surface area contributed by atoms with Crippen LogP contribution in [-0.2, 0) is 6.42 Å². The molecule has 0 N–H and O–H groups in total. The monoisotopic (exact) mass is 408 g/mol. The van der Waals surface area contributed by atoms with Crippen LogP contribution in [0.3, 0.4) is 0 Å². The Morgan fingerprint density at radius 1 is 0.581 bits per heavy atom. The molecule has 0 heterocycles. The van der Waals surface area contributed by atoms with E-state index in [2.05, 4.69) is 31.2 Å². The van der Waals surface area contributed by atoms with E-state index in [4.69, 9.17) is 9.47 Å². The average Bonchev–Trinajstić information content (AvgIpc) is 2.78. The molecule has 0 saturated heterocycles. The Hall–Kier alpha value is -3.85. The third-order valence-electron chi connectivity index (χ3n) is 5.01. The van der Waals surface area contributed by atoms with Gasteiger partial charge in [-0.25, -0.2) is 0 Å². The summed E-state index contributed by atoms with van der Waals surface area (Å²) in [6.45, 7) is 3.61. The van der Waals surface area contributed by atoms with Crippen LogP contribution in [0.4, 0.5) is 0 Å². The van der Waals surface area contributed by atoms with Crippen molar-refractivity contribution in [3.05, 3.63) is 119 Å². The minimum absolute atomic E-state index is 0.0469. The van der Waals surface area contributed by atoms with Crippen molar-refractivity contribution in [2.24, 2.45) is 0 Å². The Balaban J connectivity index is 1.35. The van der Waals surface area contributed by atoms with Gasteiger partial charge >= 0.3 is 0 Å². The van der Waals surface area contributed by atoms with Gasteiger partial charge in [-0.05, 0) is 92.1 Å². The SMILES string of the molecule is CC(=O)c1ccc(Oc2ccc(Cc3ccc(Oc4ccc(C)cc4)cc3)cc2)cc1. The summed E-state index contributed by atoms with van der Waals surface area (Å²) in [5.74, 6) is 3.19. The molecule has 31 heavy (non-hydrogen) atoms. The molecule has 0 saturated carbocycles. The highest BCUT2D eigenvalue weighted by Gasteiger charge is 2.03. The summed E-state index contributed by atoms with van der Waals surface area (Å²) in [4.78, 5) is 11.4. The molecule has 0 aliphatic rings. The lowest BCUT2D eigenvalue weighted by atomic mass is 10.0. The van der Waals surface area contributed by atoms with Crippen molar-refractivity contribution in [3.8, 4) is 23.0 Å².